The monoisotopic (exact) mass is 515 g/mol. The van der Waals surface area contributed by atoms with Crippen molar-refractivity contribution in [3.63, 3.8) is 0 Å². The summed E-state index contributed by atoms with van der Waals surface area (Å²) in [5.74, 6) is -0.789. The summed E-state index contributed by atoms with van der Waals surface area (Å²) in [4.78, 5) is 27.8. The molecule has 0 heterocycles. The van der Waals surface area contributed by atoms with E-state index in [2.05, 4.69) is 5.32 Å². The van der Waals surface area contributed by atoms with Gasteiger partial charge in [0, 0.05) is 23.5 Å². The van der Waals surface area contributed by atoms with Crippen LogP contribution in [0.4, 0.5) is 5.69 Å². The van der Waals surface area contributed by atoms with E-state index in [4.69, 9.17) is 11.6 Å². The van der Waals surface area contributed by atoms with Crippen LogP contribution in [0, 0.1) is 0 Å². The molecule has 1 N–H and O–H groups in total. The van der Waals surface area contributed by atoms with Gasteiger partial charge in [0.1, 0.15) is 12.6 Å². The summed E-state index contributed by atoms with van der Waals surface area (Å²) >= 11 is 6.00. The van der Waals surface area contributed by atoms with Gasteiger partial charge in [0.2, 0.25) is 21.8 Å². The van der Waals surface area contributed by atoms with Crippen LogP contribution in [-0.2, 0) is 26.2 Å². The fourth-order valence-electron chi connectivity index (χ4n) is 3.79. The quantitative estimate of drug-likeness (QED) is 0.438. The SMILES string of the molecule is CCCNC(=O)C(C)N(Cc1ccc(Cl)cc1)C(=O)CN(c1cccc2ccccc12)S(C)(=O)=O. The zero-order valence-corrected chi connectivity index (χ0v) is 21.6. The van der Waals surface area contributed by atoms with Crippen molar-refractivity contribution >= 4 is 49.9 Å². The number of nitrogens with zero attached hydrogens (tertiary/aromatic N) is 2. The minimum atomic E-state index is -3.81. The summed E-state index contributed by atoms with van der Waals surface area (Å²) in [7, 11) is -3.81. The van der Waals surface area contributed by atoms with E-state index in [1.165, 1.54) is 4.90 Å². The molecule has 3 rings (SSSR count). The minimum absolute atomic E-state index is 0.129. The maximum atomic E-state index is 13.6. The van der Waals surface area contributed by atoms with Crippen molar-refractivity contribution in [1.82, 2.24) is 10.2 Å². The number of fused-ring (bicyclic) bond motifs is 1. The Bertz CT molecular complexity index is 1290. The third kappa shape index (κ3) is 6.74. The summed E-state index contributed by atoms with van der Waals surface area (Å²) in [5, 5.41) is 4.94. The maximum Gasteiger partial charge on any atom is 0.244 e. The summed E-state index contributed by atoms with van der Waals surface area (Å²) in [6, 6.07) is 18.9. The number of carbonyl (C=O) groups excluding carboxylic acids is 2. The van der Waals surface area contributed by atoms with Crippen molar-refractivity contribution in [2.75, 3.05) is 23.7 Å². The molecule has 0 fully saturated rings. The lowest BCUT2D eigenvalue weighted by Crippen LogP contribution is -2.51. The van der Waals surface area contributed by atoms with Gasteiger partial charge in [0.15, 0.2) is 0 Å². The average molecular weight is 516 g/mol. The Balaban J connectivity index is 1.97. The Morgan fingerprint density at radius 3 is 2.31 bits per heavy atom. The molecule has 0 aliphatic heterocycles. The fourth-order valence-corrected chi connectivity index (χ4v) is 4.77. The fraction of sp³-hybridized carbons (Fsp3) is 0.308. The molecule has 0 spiro atoms. The van der Waals surface area contributed by atoms with Crippen LogP contribution in [0.3, 0.4) is 0 Å². The van der Waals surface area contributed by atoms with Gasteiger partial charge >= 0.3 is 0 Å². The Hall–Kier alpha value is -3.10. The minimum Gasteiger partial charge on any atom is -0.354 e. The number of sulfonamides is 1. The molecule has 0 aromatic heterocycles. The van der Waals surface area contributed by atoms with Crippen LogP contribution in [0.15, 0.2) is 66.7 Å². The molecule has 0 aliphatic carbocycles. The van der Waals surface area contributed by atoms with Gasteiger partial charge in [-0.3, -0.25) is 13.9 Å². The first-order valence-electron chi connectivity index (χ1n) is 11.4. The van der Waals surface area contributed by atoms with E-state index >= 15 is 0 Å². The number of rotatable bonds is 10. The lowest BCUT2D eigenvalue weighted by atomic mass is 10.1. The molecule has 35 heavy (non-hydrogen) atoms. The second kappa shape index (κ2) is 11.6. The average Bonchev–Trinajstić information content (AvgIpc) is 2.84. The molecule has 0 saturated carbocycles. The van der Waals surface area contributed by atoms with Crippen LogP contribution in [0.2, 0.25) is 5.02 Å². The number of carbonyl (C=O) groups is 2. The second-order valence-corrected chi connectivity index (χ2v) is 10.7. The molecular formula is C26H30ClN3O4S. The van der Waals surface area contributed by atoms with Gasteiger partial charge in [-0.05, 0) is 42.5 Å². The molecule has 0 saturated heterocycles. The van der Waals surface area contributed by atoms with E-state index in [0.717, 1.165) is 27.9 Å². The zero-order chi connectivity index (χ0) is 25.6. The first-order chi connectivity index (χ1) is 16.6. The van der Waals surface area contributed by atoms with Crippen molar-refractivity contribution in [1.29, 1.82) is 0 Å². The highest BCUT2D eigenvalue weighted by Gasteiger charge is 2.30. The Morgan fingerprint density at radius 2 is 1.66 bits per heavy atom. The number of anilines is 1. The Morgan fingerprint density at radius 1 is 1.00 bits per heavy atom. The van der Waals surface area contributed by atoms with Crippen LogP contribution in [-0.4, -0.2) is 50.5 Å². The molecular weight excluding hydrogens is 486 g/mol. The number of hydrogen-bond donors (Lipinski definition) is 1. The van der Waals surface area contributed by atoms with E-state index in [-0.39, 0.29) is 12.5 Å². The molecule has 186 valence electrons. The number of halogens is 1. The van der Waals surface area contributed by atoms with Gasteiger partial charge in [0.25, 0.3) is 0 Å². The van der Waals surface area contributed by atoms with Crippen LogP contribution >= 0.6 is 11.6 Å². The second-order valence-electron chi connectivity index (χ2n) is 8.38. The molecule has 1 atom stereocenters. The molecule has 2 amide bonds. The molecule has 3 aromatic carbocycles. The first kappa shape index (κ1) is 26.5. The molecule has 3 aromatic rings. The predicted molar refractivity (Wildman–Crippen MR) is 141 cm³/mol. The van der Waals surface area contributed by atoms with Gasteiger partial charge in [-0.15, -0.1) is 0 Å². The van der Waals surface area contributed by atoms with Crippen LogP contribution in [0.25, 0.3) is 10.8 Å². The highest BCUT2D eigenvalue weighted by molar-refractivity contribution is 7.92. The zero-order valence-electron chi connectivity index (χ0n) is 20.1. The van der Waals surface area contributed by atoms with E-state index in [0.29, 0.717) is 22.6 Å². The number of hydrogen-bond acceptors (Lipinski definition) is 4. The number of nitrogens with one attached hydrogen (secondary N) is 1. The summed E-state index contributed by atoms with van der Waals surface area (Å²) < 4.78 is 26.8. The number of amides is 2. The van der Waals surface area contributed by atoms with Gasteiger partial charge in [-0.25, -0.2) is 8.42 Å². The first-order valence-corrected chi connectivity index (χ1v) is 13.6. The van der Waals surface area contributed by atoms with Crippen molar-refractivity contribution in [3.05, 3.63) is 77.3 Å². The van der Waals surface area contributed by atoms with E-state index < -0.39 is 28.5 Å². The Labute approximate surface area is 211 Å². The van der Waals surface area contributed by atoms with Crippen molar-refractivity contribution in [2.24, 2.45) is 0 Å². The van der Waals surface area contributed by atoms with Crippen LogP contribution < -0.4 is 9.62 Å². The van der Waals surface area contributed by atoms with Crippen molar-refractivity contribution < 1.29 is 18.0 Å². The predicted octanol–water partition coefficient (Wildman–Crippen LogP) is 4.20. The smallest absolute Gasteiger partial charge is 0.244 e. The molecule has 7 nitrogen and oxygen atoms in total. The molecule has 0 radical (unpaired) electrons. The van der Waals surface area contributed by atoms with Crippen molar-refractivity contribution in [3.8, 4) is 0 Å². The number of benzene rings is 3. The lowest BCUT2D eigenvalue weighted by Gasteiger charge is -2.31. The highest BCUT2D eigenvalue weighted by Crippen LogP contribution is 2.28. The van der Waals surface area contributed by atoms with Gasteiger partial charge < -0.3 is 10.2 Å². The summed E-state index contributed by atoms with van der Waals surface area (Å²) in [5.41, 5.74) is 1.18. The standard InChI is InChI=1S/C26H30ClN3O4S/c1-4-16-28-26(32)19(2)29(17-20-12-14-22(27)15-13-20)25(31)18-30(35(3,33)34)24-11-7-9-21-8-5-6-10-23(21)24/h5-15,19H,4,16-18H2,1-3H3,(H,28,32). The largest absolute Gasteiger partial charge is 0.354 e. The van der Waals surface area contributed by atoms with Gasteiger partial charge in [0.05, 0.1) is 11.9 Å². The van der Waals surface area contributed by atoms with E-state index in [9.17, 15) is 18.0 Å². The third-order valence-electron chi connectivity index (χ3n) is 5.70. The van der Waals surface area contributed by atoms with Gasteiger partial charge in [-0.1, -0.05) is 67.1 Å². The third-order valence-corrected chi connectivity index (χ3v) is 7.08. The normalized spacial score (nSPS) is 12.2. The summed E-state index contributed by atoms with van der Waals surface area (Å²) in [6.07, 6.45) is 1.83. The Kier molecular flexibility index (Phi) is 8.75. The lowest BCUT2D eigenvalue weighted by molar-refractivity contribution is -0.139. The summed E-state index contributed by atoms with van der Waals surface area (Å²) in [6.45, 7) is 3.75. The van der Waals surface area contributed by atoms with E-state index in [1.54, 1.807) is 43.3 Å². The topological polar surface area (TPSA) is 86.8 Å². The molecule has 0 aliphatic rings. The molecule has 0 bridgehead atoms. The van der Waals surface area contributed by atoms with Gasteiger partial charge in [-0.2, -0.15) is 0 Å². The van der Waals surface area contributed by atoms with Crippen LogP contribution in [0.1, 0.15) is 25.8 Å². The van der Waals surface area contributed by atoms with Crippen LogP contribution in [0.5, 0.6) is 0 Å². The molecule has 9 heteroatoms. The van der Waals surface area contributed by atoms with E-state index in [1.807, 2.05) is 37.3 Å². The maximum absolute atomic E-state index is 13.6. The van der Waals surface area contributed by atoms with Crippen molar-refractivity contribution in [2.45, 2.75) is 32.9 Å². The molecule has 1 unspecified atom stereocenters. The highest BCUT2D eigenvalue weighted by atomic mass is 35.5.